The molecule has 0 radical (unpaired) electrons. The van der Waals surface area contributed by atoms with Gasteiger partial charge >= 0.3 is 0 Å². The second-order valence-electron chi connectivity index (χ2n) is 6.73. The van der Waals surface area contributed by atoms with E-state index in [9.17, 15) is 9.59 Å². The fourth-order valence-electron chi connectivity index (χ4n) is 2.53. The van der Waals surface area contributed by atoms with Gasteiger partial charge in [-0.3, -0.25) is 9.59 Å². The molecule has 2 amide bonds. The van der Waals surface area contributed by atoms with Crippen LogP contribution in [0.15, 0.2) is 53.4 Å². The van der Waals surface area contributed by atoms with E-state index >= 15 is 0 Å². The number of amides is 2. The number of hydrogen-bond donors (Lipinski definition) is 1. The van der Waals surface area contributed by atoms with Gasteiger partial charge in [0.05, 0.1) is 5.75 Å². The van der Waals surface area contributed by atoms with Crippen molar-refractivity contribution in [2.24, 2.45) is 0 Å². The zero-order valence-corrected chi connectivity index (χ0v) is 18.4. The number of rotatable bonds is 8. The van der Waals surface area contributed by atoms with Gasteiger partial charge in [-0.15, -0.1) is 11.8 Å². The van der Waals surface area contributed by atoms with Crippen LogP contribution in [0, 0.1) is 0 Å². The molecule has 0 heterocycles. The molecule has 0 aliphatic rings. The number of benzene rings is 2. The molecule has 0 aliphatic carbocycles. The van der Waals surface area contributed by atoms with Gasteiger partial charge in [0.25, 0.3) is 0 Å². The molecule has 1 N–H and O–H groups in total. The Balaban J connectivity index is 2.12. The summed E-state index contributed by atoms with van der Waals surface area (Å²) >= 11 is 13.3. The molecule has 0 aliphatic heterocycles. The quantitative estimate of drug-likeness (QED) is 0.587. The minimum Gasteiger partial charge on any atom is -0.352 e. The fraction of sp³-hybridized carbons (Fsp3) is 0.333. The molecule has 0 aromatic heterocycles. The van der Waals surface area contributed by atoms with Crippen LogP contribution in [0.25, 0.3) is 0 Å². The first-order valence-corrected chi connectivity index (χ1v) is 10.7. The van der Waals surface area contributed by atoms with Gasteiger partial charge in [0.2, 0.25) is 11.8 Å². The normalized spacial score (nSPS) is 11.9. The molecule has 0 saturated carbocycles. The maximum Gasteiger partial charge on any atom is 0.242 e. The van der Waals surface area contributed by atoms with Gasteiger partial charge in [-0.25, -0.2) is 0 Å². The number of carbonyl (C=O) groups is 2. The maximum absolute atomic E-state index is 13.0. The highest BCUT2D eigenvalue weighted by molar-refractivity contribution is 8.00. The predicted octanol–water partition coefficient (Wildman–Crippen LogP) is 5.03. The zero-order chi connectivity index (χ0) is 20.7. The van der Waals surface area contributed by atoms with Crippen molar-refractivity contribution in [1.82, 2.24) is 10.2 Å². The van der Waals surface area contributed by atoms with E-state index < -0.39 is 6.04 Å². The Morgan fingerprint density at radius 2 is 1.50 bits per heavy atom. The lowest BCUT2D eigenvalue weighted by molar-refractivity contribution is -0.138. The lowest BCUT2D eigenvalue weighted by Crippen LogP contribution is -2.49. The van der Waals surface area contributed by atoms with Gasteiger partial charge in [0.15, 0.2) is 0 Å². The van der Waals surface area contributed by atoms with Crippen LogP contribution in [0.2, 0.25) is 10.0 Å². The molecule has 2 rings (SSSR count). The molecule has 28 heavy (non-hydrogen) atoms. The average Bonchev–Trinajstić information content (AvgIpc) is 2.65. The van der Waals surface area contributed by atoms with Crippen molar-refractivity contribution < 1.29 is 9.59 Å². The minimum absolute atomic E-state index is 0.00544. The number of halogens is 2. The molecule has 0 spiro atoms. The monoisotopic (exact) mass is 438 g/mol. The SMILES string of the molecule is CC(C)NC(=O)C(C)N(Cc1ccc(Cl)cc1)C(=O)CSc1ccc(Cl)cc1. The molecule has 0 fully saturated rings. The lowest BCUT2D eigenvalue weighted by Gasteiger charge is -2.29. The van der Waals surface area contributed by atoms with Crippen LogP contribution in [0.1, 0.15) is 26.3 Å². The summed E-state index contributed by atoms with van der Waals surface area (Å²) in [7, 11) is 0. The van der Waals surface area contributed by atoms with Crippen LogP contribution < -0.4 is 5.32 Å². The fourth-order valence-corrected chi connectivity index (χ4v) is 3.57. The van der Waals surface area contributed by atoms with E-state index in [0.717, 1.165) is 10.5 Å². The number of nitrogens with one attached hydrogen (secondary N) is 1. The van der Waals surface area contributed by atoms with Crippen LogP contribution >= 0.6 is 35.0 Å². The van der Waals surface area contributed by atoms with E-state index in [0.29, 0.717) is 16.6 Å². The first kappa shape index (κ1) is 22.6. The third-order valence-corrected chi connectivity index (χ3v) is 5.54. The van der Waals surface area contributed by atoms with Gasteiger partial charge in [-0.05, 0) is 62.7 Å². The smallest absolute Gasteiger partial charge is 0.242 e. The molecule has 0 saturated heterocycles. The van der Waals surface area contributed by atoms with Gasteiger partial charge in [-0.2, -0.15) is 0 Å². The summed E-state index contributed by atoms with van der Waals surface area (Å²) in [5.41, 5.74) is 0.915. The van der Waals surface area contributed by atoms with Crippen molar-refractivity contribution in [2.45, 2.75) is 44.3 Å². The highest BCUT2D eigenvalue weighted by Crippen LogP contribution is 2.22. The molecular formula is C21H24Cl2N2O2S. The Hall–Kier alpha value is -1.69. The van der Waals surface area contributed by atoms with Gasteiger partial charge in [-0.1, -0.05) is 35.3 Å². The van der Waals surface area contributed by atoms with Gasteiger partial charge < -0.3 is 10.2 Å². The van der Waals surface area contributed by atoms with E-state index in [4.69, 9.17) is 23.2 Å². The third kappa shape index (κ3) is 7.04. The van der Waals surface area contributed by atoms with Gasteiger partial charge in [0.1, 0.15) is 6.04 Å². The standard InChI is InChI=1S/C21H24Cl2N2O2S/c1-14(2)24-21(27)15(3)25(12-16-4-6-17(22)7-5-16)20(26)13-28-19-10-8-18(23)9-11-19/h4-11,14-15H,12-13H2,1-3H3,(H,24,27). The highest BCUT2D eigenvalue weighted by Gasteiger charge is 2.26. The Kier molecular flexibility index (Phi) is 8.67. The van der Waals surface area contributed by atoms with Crippen molar-refractivity contribution in [3.63, 3.8) is 0 Å². The van der Waals surface area contributed by atoms with Crippen LogP contribution in [0.4, 0.5) is 0 Å². The molecule has 2 aromatic rings. The zero-order valence-electron chi connectivity index (χ0n) is 16.1. The molecule has 1 atom stereocenters. The summed E-state index contributed by atoms with van der Waals surface area (Å²) in [6, 6.07) is 14.0. The topological polar surface area (TPSA) is 49.4 Å². The van der Waals surface area contributed by atoms with E-state index in [2.05, 4.69) is 5.32 Å². The van der Waals surface area contributed by atoms with Crippen molar-refractivity contribution in [3.05, 3.63) is 64.1 Å². The maximum atomic E-state index is 13.0. The van der Waals surface area contributed by atoms with Crippen LogP contribution in [-0.2, 0) is 16.1 Å². The molecule has 150 valence electrons. The number of nitrogens with zero attached hydrogens (tertiary/aromatic N) is 1. The Bertz CT molecular complexity index is 795. The first-order valence-electron chi connectivity index (χ1n) is 8.99. The van der Waals surface area contributed by atoms with E-state index in [-0.39, 0.29) is 23.6 Å². The lowest BCUT2D eigenvalue weighted by atomic mass is 10.1. The molecule has 0 bridgehead atoms. The Labute approximate surface area is 180 Å². The minimum atomic E-state index is -0.587. The van der Waals surface area contributed by atoms with Crippen molar-refractivity contribution >= 4 is 46.8 Å². The largest absolute Gasteiger partial charge is 0.352 e. The Morgan fingerprint density at radius 1 is 0.964 bits per heavy atom. The van der Waals surface area contributed by atoms with E-state index in [1.807, 2.05) is 38.1 Å². The first-order chi connectivity index (χ1) is 13.3. The number of thioether (sulfide) groups is 1. The second-order valence-corrected chi connectivity index (χ2v) is 8.65. The van der Waals surface area contributed by atoms with Crippen molar-refractivity contribution in [2.75, 3.05) is 5.75 Å². The summed E-state index contributed by atoms with van der Waals surface area (Å²) < 4.78 is 0. The summed E-state index contributed by atoms with van der Waals surface area (Å²) in [5, 5.41) is 4.16. The van der Waals surface area contributed by atoms with Crippen LogP contribution in [0.3, 0.4) is 0 Å². The average molecular weight is 439 g/mol. The summed E-state index contributed by atoms with van der Waals surface area (Å²) in [6.45, 7) is 5.88. The van der Waals surface area contributed by atoms with Crippen molar-refractivity contribution in [3.8, 4) is 0 Å². The summed E-state index contributed by atoms with van der Waals surface area (Å²) in [4.78, 5) is 28.0. The van der Waals surface area contributed by atoms with E-state index in [1.165, 1.54) is 11.8 Å². The highest BCUT2D eigenvalue weighted by atomic mass is 35.5. The Morgan fingerprint density at radius 3 is 2.04 bits per heavy atom. The van der Waals surface area contributed by atoms with Crippen LogP contribution in [-0.4, -0.2) is 34.6 Å². The van der Waals surface area contributed by atoms with Gasteiger partial charge in [0, 0.05) is 27.5 Å². The number of hydrogen-bond acceptors (Lipinski definition) is 3. The molecule has 7 heteroatoms. The second kappa shape index (κ2) is 10.7. The number of carbonyl (C=O) groups excluding carboxylic acids is 2. The molecule has 2 aromatic carbocycles. The molecule has 4 nitrogen and oxygen atoms in total. The van der Waals surface area contributed by atoms with Crippen LogP contribution in [0.5, 0.6) is 0 Å². The molecule has 1 unspecified atom stereocenters. The predicted molar refractivity (Wildman–Crippen MR) is 117 cm³/mol. The van der Waals surface area contributed by atoms with E-state index in [1.54, 1.807) is 36.1 Å². The summed E-state index contributed by atoms with van der Waals surface area (Å²) in [5.74, 6) is -0.0516. The third-order valence-electron chi connectivity index (χ3n) is 4.04. The summed E-state index contributed by atoms with van der Waals surface area (Å²) in [6.07, 6.45) is 0. The molecular weight excluding hydrogens is 415 g/mol. The van der Waals surface area contributed by atoms with Crippen molar-refractivity contribution in [1.29, 1.82) is 0 Å².